The standard InChI is InChI=1S/C36H41N5O/c1-3-21-40(22-4-2)24-29-11-9-28(10-12-29)23-35(42)31-15-13-30(14-16-31)25-41(27-36-38-19-20-39-36)26-32-17-18-37-34-8-6-5-7-33(32)34/h5-20H,3-4,21-27H2,1-2H3,(H,38,39). The van der Waals surface area contributed by atoms with Crippen LogP contribution in [0, 0.1) is 0 Å². The highest BCUT2D eigenvalue weighted by Gasteiger charge is 2.14. The Morgan fingerprint density at radius 2 is 1.36 bits per heavy atom. The number of hydrogen-bond acceptors (Lipinski definition) is 5. The monoisotopic (exact) mass is 559 g/mol. The maximum atomic E-state index is 13.1. The van der Waals surface area contributed by atoms with Crippen LogP contribution in [0.5, 0.6) is 0 Å². The highest BCUT2D eigenvalue weighted by atomic mass is 16.1. The van der Waals surface area contributed by atoms with E-state index in [4.69, 9.17) is 0 Å². The third-order valence-electron chi connectivity index (χ3n) is 7.62. The molecule has 0 fully saturated rings. The second kappa shape index (κ2) is 14.7. The van der Waals surface area contributed by atoms with E-state index in [1.54, 1.807) is 6.20 Å². The summed E-state index contributed by atoms with van der Waals surface area (Å²) in [5.74, 6) is 1.07. The largest absolute Gasteiger partial charge is 0.348 e. The number of ketones is 1. The molecule has 0 aliphatic rings. The molecule has 0 amide bonds. The third kappa shape index (κ3) is 7.99. The van der Waals surface area contributed by atoms with Crippen molar-refractivity contribution in [2.75, 3.05) is 13.1 Å². The fraction of sp³-hybridized carbons (Fsp3) is 0.306. The number of benzene rings is 3. The number of carbonyl (C=O) groups excluding carboxylic acids is 1. The number of imidazole rings is 1. The normalized spacial score (nSPS) is 11.5. The molecule has 3 aromatic carbocycles. The maximum absolute atomic E-state index is 13.1. The molecule has 0 spiro atoms. The summed E-state index contributed by atoms with van der Waals surface area (Å²) in [5, 5.41) is 1.16. The molecule has 6 nitrogen and oxygen atoms in total. The van der Waals surface area contributed by atoms with Crippen molar-refractivity contribution in [1.82, 2.24) is 24.8 Å². The van der Waals surface area contributed by atoms with Crippen molar-refractivity contribution >= 4 is 16.7 Å². The van der Waals surface area contributed by atoms with Crippen LogP contribution in [-0.4, -0.2) is 43.6 Å². The zero-order chi connectivity index (χ0) is 29.1. The van der Waals surface area contributed by atoms with E-state index in [1.807, 2.05) is 30.6 Å². The first-order chi connectivity index (χ1) is 20.6. The Balaban J connectivity index is 1.23. The van der Waals surface area contributed by atoms with Gasteiger partial charge in [-0.05, 0) is 60.3 Å². The number of Topliss-reactive ketones (excluding diaryl/α,β-unsaturated/α-hetero) is 1. The average Bonchev–Trinajstić information content (AvgIpc) is 3.52. The molecular weight excluding hydrogens is 518 g/mol. The highest BCUT2D eigenvalue weighted by molar-refractivity contribution is 5.97. The van der Waals surface area contributed by atoms with Crippen molar-refractivity contribution in [3.63, 3.8) is 0 Å². The molecule has 6 heteroatoms. The molecule has 0 saturated heterocycles. The van der Waals surface area contributed by atoms with Crippen LogP contribution < -0.4 is 0 Å². The molecule has 42 heavy (non-hydrogen) atoms. The lowest BCUT2D eigenvalue weighted by Crippen LogP contribution is -2.24. The number of nitrogens with one attached hydrogen (secondary N) is 1. The Morgan fingerprint density at radius 3 is 2.05 bits per heavy atom. The number of pyridine rings is 1. The predicted octanol–water partition coefficient (Wildman–Crippen LogP) is 7.21. The van der Waals surface area contributed by atoms with Crippen LogP contribution in [0.2, 0.25) is 0 Å². The van der Waals surface area contributed by atoms with Crippen LogP contribution >= 0.6 is 0 Å². The van der Waals surface area contributed by atoms with Gasteiger partial charge in [-0.3, -0.25) is 19.6 Å². The van der Waals surface area contributed by atoms with Crippen molar-refractivity contribution in [1.29, 1.82) is 0 Å². The average molecular weight is 560 g/mol. The van der Waals surface area contributed by atoms with Crippen LogP contribution in [0.1, 0.15) is 65.1 Å². The molecule has 0 aliphatic carbocycles. The summed E-state index contributed by atoms with van der Waals surface area (Å²) < 4.78 is 0. The van der Waals surface area contributed by atoms with Crippen molar-refractivity contribution in [2.45, 2.75) is 59.3 Å². The molecule has 5 aromatic rings. The van der Waals surface area contributed by atoms with Gasteiger partial charge >= 0.3 is 0 Å². The maximum Gasteiger partial charge on any atom is 0.167 e. The molecule has 2 heterocycles. The number of H-pyrrole nitrogens is 1. The Hall–Kier alpha value is -4.13. The van der Waals surface area contributed by atoms with Gasteiger partial charge < -0.3 is 4.98 Å². The number of carbonyl (C=O) groups is 1. The SMILES string of the molecule is CCCN(CCC)Cc1ccc(CC(=O)c2ccc(CN(Cc3ncc[nH]3)Cc3ccnc4ccccc34)cc2)cc1. The molecule has 0 bridgehead atoms. The van der Waals surface area contributed by atoms with E-state index >= 15 is 0 Å². The van der Waals surface area contributed by atoms with E-state index in [-0.39, 0.29) is 5.78 Å². The Morgan fingerprint density at radius 1 is 0.690 bits per heavy atom. The zero-order valence-electron chi connectivity index (χ0n) is 24.8. The number of nitrogens with zero attached hydrogens (tertiary/aromatic N) is 4. The summed E-state index contributed by atoms with van der Waals surface area (Å²) in [7, 11) is 0. The lowest BCUT2D eigenvalue weighted by atomic mass is 10.0. The second-order valence-corrected chi connectivity index (χ2v) is 11.1. The predicted molar refractivity (Wildman–Crippen MR) is 170 cm³/mol. The third-order valence-corrected chi connectivity index (χ3v) is 7.62. The fourth-order valence-electron chi connectivity index (χ4n) is 5.56. The Bertz CT molecular complexity index is 1530. The van der Waals surface area contributed by atoms with Gasteiger partial charge in [-0.1, -0.05) is 80.6 Å². The number of fused-ring (bicyclic) bond motifs is 1. The molecule has 2 aromatic heterocycles. The summed E-state index contributed by atoms with van der Waals surface area (Å²) in [6.07, 6.45) is 8.26. The van der Waals surface area contributed by atoms with Gasteiger partial charge in [-0.25, -0.2) is 4.98 Å². The molecule has 216 valence electrons. The van der Waals surface area contributed by atoms with Crippen LogP contribution in [0.15, 0.2) is 97.5 Å². The first-order valence-corrected chi connectivity index (χ1v) is 15.1. The summed E-state index contributed by atoms with van der Waals surface area (Å²) >= 11 is 0. The summed E-state index contributed by atoms with van der Waals surface area (Å²) in [6, 6.07) is 27.0. The number of para-hydroxylation sites is 1. The van der Waals surface area contributed by atoms with Gasteiger partial charge in [0.25, 0.3) is 0 Å². The van der Waals surface area contributed by atoms with E-state index in [9.17, 15) is 4.79 Å². The number of aromatic amines is 1. The van der Waals surface area contributed by atoms with Gasteiger partial charge in [0.1, 0.15) is 5.82 Å². The van der Waals surface area contributed by atoms with E-state index in [2.05, 4.69) is 99.3 Å². The van der Waals surface area contributed by atoms with Crippen LogP contribution in [-0.2, 0) is 32.6 Å². The van der Waals surface area contributed by atoms with Gasteiger partial charge in [-0.15, -0.1) is 0 Å². The Labute approximate surface area is 249 Å². The van der Waals surface area contributed by atoms with Gasteiger partial charge in [0.15, 0.2) is 5.78 Å². The van der Waals surface area contributed by atoms with Crippen molar-refractivity contribution in [3.8, 4) is 0 Å². The second-order valence-electron chi connectivity index (χ2n) is 11.1. The van der Waals surface area contributed by atoms with Gasteiger partial charge in [0.05, 0.1) is 12.1 Å². The topological polar surface area (TPSA) is 65.1 Å². The van der Waals surface area contributed by atoms with E-state index in [0.29, 0.717) is 13.0 Å². The molecule has 0 aliphatic heterocycles. The number of hydrogen-bond donors (Lipinski definition) is 1. The quantitative estimate of drug-likeness (QED) is 0.137. The molecular formula is C36H41N5O. The van der Waals surface area contributed by atoms with Crippen LogP contribution in [0.25, 0.3) is 10.9 Å². The van der Waals surface area contributed by atoms with Crippen molar-refractivity contribution in [3.05, 3.63) is 131 Å². The molecule has 0 unspecified atom stereocenters. The van der Waals surface area contributed by atoms with Crippen molar-refractivity contribution < 1.29 is 4.79 Å². The lowest BCUT2D eigenvalue weighted by molar-refractivity contribution is 0.0993. The van der Waals surface area contributed by atoms with E-state index < -0.39 is 0 Å². The molecule has 0 saturated carbocycles. The number of aromatic nitrogens is 3. The minimum absolute atomic E-state index is 0.142. The summed E-state index contributed by atoms with van der Waals surface area (Å²) in [6.45, 7) is 9.84. The van der Waals surface area contributed by atoms with Gasteiger partial charge in [0.2, 0.25) is 0 Å². The van der Waals surface area contributed by atoms with Gasteiger partial charge in [-0.2, -0.15) is 0 Å². The minimum atomic E-state index is 0.142. The smallest absolute Gasteiger partial charge is 0.167 e. The lowest BCUT2D eigenvalue weighted by Gasteiger charge is -2.22. The molecule has 0 radical (unpaired) electrons. The van der Waals surface area contributed by atoms with Gasteiger partial charge in [0, 0.05) is 55.6 Å². The summed E-state index contributed by atoms with van der Waals surface area (Å²) in [5.41, 5.74) is 6.49. The minimum Gasteiger partial charge on any atom is -0.348 e. The number of rotatable bonds is 15. The Kier molecular flexibility index (Phi) is 10.3. The molecule has 0 atom stereocenters. The van der Waals surface area contributed by atoms with Crippen LogP contribution in [0.3, 0.4) is 0 Å². The van der Waals surface area contributed by atoms with E-state index in [1.165, 1.54) is 11.1 Å². The first-order valence-electron chi connectivity index (χ1n) is 15.1. The molecule has 1 N–H and O–H groups in total. The zero-order valence-corrected chi connectivity index (χ0v) is 24.8. The highest BCUT2D eigenvalue weighted by Crippen LogP contribution is 2.21. The fourth-order valence-corrected chi connectivity index (χ4v) is 5.56. The molecule has 5 rings (SSSR count). The summed E-state index contributed by atoms with van der Waals surface area (Å²) in [4.78, 5) is 30.2. The van der Waals surface area contributed by atoms with E-state index in [0.717, 1.165) is 79.0 Å². The van der Waals surface area contributed by atoms with Crippen molar-refractivity contribution in [2.24, 2.45) is 0 Å². The van der Waals surface area contributed by atoms with Crippen LogP contribution in [0.4, 0.5) is 0 Å². The first kappa shape index (κ1) is 29.4.